The summed E-state index contributed by atoms with van der Waals surface area (Å²) >= 11 is 1.15. The van der Waals surface area contributed by atoms with Crippen molar-refractivity contribution in [2.24, 2.45) is 10.1 Å². The van der Waals surface area contributed by atoms with Gasteiger partial charge in [0.25, 0.3) is 0 Å². The lowest BCUT2D eigenvalue weighted by atomic mass is 9.98. The highest BCUT2D eigenvalue weighted by molar-refractivity contribution is 8.18. The Kier molecular flexibility index (Phi) is 7.24. The number of methoxy groups -OCH3 is 1. The van der Waals surface area contributed by atoms with Gasteiger partial charge in [0.05, 0.1) is 23.8 Å². The van der Waals surface area contributed by atoms with E-state index in [1.54, 1.807) is 7.11 Å². The summed E-state index contributed by atoms with van der Waals surface area (Å²) in [4.78, 5) is 21.9. The second-order valence-corrected chi connectivity index (χ2v) is 10.6. The highest BCUT2D eigenvalue weighted by atomic mass is 32.2. The Bertz CT molecular complexity index is 1410. The van der Waals surface area contributed by atoms with Crippen molar-refractivity contribution in [1.29, 1.82) is 0 Å². The number of carbonyl (C=O) groups excluding carboxylic acids is 1. The van der Waals surface area contributed by atoms with Gasteiger partial charge in [0.2, 0.25) is 0 Å². The molecule has 38 heavy (non-hydrogen) atoms. The summed E-state index contributed by atoms with van der Waals surface area (Å²) in [6, 6.07) is 24.6. The number of amidine groups is 1. The Labute approximate surface area is 228 Å². The highest BCUT2D eigenvalue weighted by Gasteiger charge is 2.37. The molecule has 1 amide bonds. The molecule has 0 aromatic heterocycles. The van der Waals surface area contributed by atoms with Gasteiger partial charge < -0.3 is 14.5 Å². The van der Waals surface area contributed by atoms with Crippen LogP contribution in [0, 0.1) is 0 Å². The third kappa shape index (κ3) is 5.31. The molecule has 2 aliphatic heterocycles. The second kappa shape index (κ2) is 10.8. The largest absolute Gasteiger partial charge is 0.497 e. The third-order valence-electron chi connectivity index (χ3n) is 6.67. The third-order valence-corrected chi connectivity index (χ3v) is 7.45. The van der Waals surface area contributed by atoms with Crippen LogP contribution in [-0.2, 0) is 0 Å². The quantitative estimate of drug-likeness (QED) is 0.377. The fourth-order valence-corrected chi connectivity index (χ4v) is 5.25. The number of nitrogens with zero attached hydrogens (tertiary/aromatic N) is 5. The molecule has 0 N–H and O–H groups in total. The number of ether oxygens (including phenoxy) is 1. The summed E-state index contributed by atoms with van der Waals surface area (Å²) in [6.07, 6.45) is 2.71. The van der Waals surface area contributed by atoms with Crippen molar-refractivity contribution in [1.82, 2.24) is 5.01 Å². The number of anilines is 2. The molecule has 5 rings (SSSR count). The lowest BCUT2D eigenvalue weighted by Gasteiger charge is -2.24. The monoisotopic (exact) mass is 525 g/mol. The minimum atomic E-state index is -0.231. The van der Waals surface area contributed by atoms with Crippen molar-refractivity contribution in [3.63, 3.8) is 0 Å². The van der Waals surface area contributed by atoms with E-state index in [0.29, 0.717) is 12.3 Å². The lowest BCUT2D eigenvalue weighted by Crippen LogP contribution is -2.26. The van der Waals surface area contributed by atoms with Crippen LogP contribution in [0.25, 0.3) is 6.08 Å². The average Bonchev–Trinajstić information content (AvgIpc) is 3.52. The molecule has 0 radical (unpaired) electrons. The van der Waals surface area contributed by atoms with Crippen molar-refractivity contribution in [3.05, 3.63) is 94.4 Å². The number of benzene rings is 3. The topological polar surface area (TPSA) is 60.7 Å². The van der Waals surface area contributed by atoms with E-state index in [4.69, 9.17) is 9.84 Å². The van der Waals surface area contributed by atoms with Gasteiger partial charge in [-0.1, -0.05) is 24.3 Å². The number of hydrogen-bond donors (Lipinski definition) is 0. The Morgan fingerprint density at radius 3 is 2.08 bits per heavy atom. The van der Waals surface area contributed by atoms with E-state index in [-0.39, 0.29) is 11.3 Å². The van der Waals surface area contributed by atoms with Gasteiger partial charge in [-0.15, -0.1) is 0 Å². The van der Waals surface area contributed by atoms with E-state index in [1.165, 1.54) is 0 Å². The molecule has 0 saturated heterocycles. The molecule has 2 heterocycles. The fourth-order valence-electron chi connectivity index (χ4n) is 4.50. The summed E-state index contributed by atoms with van der Waals surface area (Å²) in [5.41, 5.74) is 6.32. The number of thioether (sulfide) groups is 1. The maximum absolute atomic E-state index is 12.6. The van der Waals surface area contributed by atoms with Gasteiger partial charge >= 0.3 is 5.24 Å². The number of carbonyl (C=O) groups is 1. The van der Waals surface area contributed by atoms with Crippen LogP contribution in [0.5, 0.6) is 5.75 Å². The lowest BCUT2D eigenvalue weighted by molar-refractivity contribution is 0.267. The molecule has 3 aromatic rings. The van der Waals surface area contributed by atoms with Crippen LogP contribution in [0.15, 0.2) is 87.8 Å². The Morgan fingerprint density at radius 2 is 1.50 bits per heavy atom. The molecule has 0 bridgehead atoms. The fraction of sp³-hybridized carbons (Fsp3) is 0.233. The van der Waals surface area contributed by atoms with Gasteiger partial charge in [0.1, 0.15) is 5.75 Å². The summed E-state index contributed by atoms with van der Waals surface area (Å²) in [5.74, 6) is 1.38. The predicted octanol–water partition coefficient (Wildman–Crippen LogP) is 6.28. The molecule has 1 unspecified atom stereocenters. The molecule has 0 fully saturated rings. The zero-order valence-electron chi connectivity index (χ0n) is 22.3. The molecule has 0 spiro atoms. The van der Waals surface area contributed by atoms with Crippen LogP contribution >= 0.6 is 11.8 Å². The number of amides is 1. The van der Waals surface area contributed by atoms with E-state index in [2.05, 4.69) is 63.3 Å². The predicted molar refractivity (Wildman–Crippen MR) is 159 cm³/mol. The van der Waals surface area contributed by atoms with Crippen molar-refractivity contribution < 1.29 is 9.53 Å². The Morgan fingerprint density at radius 1 is 0.895 bits per heavy atom. The molecule has 0 aliphatic carbocycles. The van der Waals surface area contributed by atoms with Crippen molar-refractivity contribution in [2.45, 2.75) is 12.5 Å². The smallest absolute Gasteiger partial charge is 0.311 e. The van der Waals surface area contributed by atoms with Crippen molar-refractivity contribution in [2.75, 3.05) is 45.1 Å². The van der Waals surface area contributed by atoms with E-state index >= 15 is 0 Å². The SMILES string of the molecule is COc1ccc(C2=NN(C3=NC(=O)S/C3=C\c3ccc(N(C)C)cc3)C(c3ccc(N(C)C)cc3)C2)cc1. The van der Waals surface area contributed by atoms with Gasteiger partial charge in [-0.25, -0.2) is 5.01 Å². The van der Waals surface area contributed by atoms with Crippen LogP contribution in [0.3, 0.4) is 0 Å². The molecule has 3 aromatic carbocycles. The standard InChI is InChI=1S/C30H31N5O2S/c1-33(2)23-12-6-20(7-13-23)18-28-29(31-30(36)38-28)35-27(22-8-14-24(15-9-22)34(3)4)19-26(32-35)21-10-16-25(37-5)17-11-21/h6-18,27H,19H2,1-5H3/b28-18-. The molecule has 0 saturated carbocycles. The van der Waals surface area contributed by atoms with Crippen LogP contribution in [-0.4, -0.2) is 57.1 Å². The Balaban J connectivity index is 1.53. The first-order valence-electron chi connectivity index (χ1n) is 12.4. The first-order chi connectivity index (χ1) is 18.3. The van der Waals surface area contributed by atoms with Crippen LogP contribution in [0.4, 0.5) is 16.2 Å². The molecule has 1 atom stereocenters. The Hall–Kier alpha value is -4.04. The molecular formula is C30H31N5O2S. The summed E-state index contributed by atoms with van der Waals surface area (Å²) in [7, 11) is 9.74. The summed E-state index contributed by atoms with van der Waals surface area (Å²) in [5, 5.41) is 6.72. The minimum Gasteiger partial charge on any atom is -0.497 e. The van der Waals surface area contributed by atoms with Gasteiger partial charge in [-0.3, -0.25) is 4.79 Å². The van der Waals surface area contributed by atoms with E-state index in [1.807, 2.05) is 63.5 Å². The zero-order valence-corrected chi connectivity index (χ0v) is 23.1. The zero-order chi connectivity index (χ0) is 26.8. The number of rotatable bonds is 6. The molecule has 194 valence electrons. The van der Waals surface area contributed by atoms with Crippen LogP contribution in [0.2, 0.25) is 0 Å². The maximum atomic E-state index is 12.6. The first kappa shape index (κ1) is 25.6. The summed E-state index contributed by atoms with van der Waals surface area (Å²) < 4.78 is 5.33. The average molecular weight is 526 g/mol. The number of aliphatic imine (C=N–C) groups is 1. The number of hydrazone groups is 1. The van der Waals surface area contributed by atoms with E-state index in [9.17, 15) is 4.79 Å². The van der Waals surface area contributed by atoms with Crippen molar-refractivity contribution in [3.8, 4) is 5.75 Å². The van der Waals surface area contributed by atoms with Crippen LogP contribution < -0.4 is 14.5 Å². The second-order valence-electron chi connectivity index (χ2n) is 9.62. The summed E-state index contributed by atoms with van der Waals surface area (Å²) in [6.45, 7) is 0. The van der Waals surface area contributed by atoms with E-state index < -0.39 is 0 Å². The van der Waals surface area contributed by atoms with Gasteiger partial charge in [0.15, 0.2) is 5.84 Å². The molecule has 2 aliphatic rings. The molecular weight excluding hydrogens is 494 g/mol. The van der Waals surface area contributed by atoms with Gasteiger partial charge in [0, 0.05) is 46.0 Å². The number of hydrogen-bond acceptors (Lipinski definition) is 7. The minimum absolute atomic E-state index is 0.0897. The normalized spacial score (nSPS) is 18.0. The van der Waals surface area contributed by atoms with Crippen LogP contribution in [0.1, 0.15) is 29.2 Å². The van der Waals surface area contributed by atoms with Gasteiger partial charge in [-0.05, 0) is 83.1 Å². The first-order valence-corrected chi connectivity index (χ1v) is 13.2. The van der Waals surface area contributed by atoms with Gasteiger partial charge in [-0.2, -0.15) is 10.1 Å². The van der Waals surface area contributed by atoms with E-state index in [0.717, 1.165) is 56.2 Å². The highest BCUT2D eigenvalue weighted by Crippen LogP contribution is 2.40. The van der Waals surface area contributed by atoms with Crippen molar-refractivity contribution >= 4 is 46.0 Å². The maximum Gasteiger partial charge on any atom is 0.311 e. The molecule has 8 heteroatoms. The molecule has 7 nitrogen and oxygen atoms in total.